The van der Waals surface area contributed by atoms with Crippen molar-refractivity contribution in [1.82, 2.24) is 40.1 Å². The largest absolute Gasteiger partial charge is 0.389 e. The Labute approximate surface area is 165 Å². The van der Waals surface area contributed by atoms with Gasteiger partial charge in [0, 0.05) is 17.1 Å². The van der Waals surface area contributed by atoms with E-state index in [4.69, 9.17) is 4.98 Å². The topological polar surface area (TPSA) is 133 Å². The molecule has 5 rings (SSSR count). The fourth-order valence-corrected chi connectivity index (χ4v) is 3.18. The zero-order chi connectivity index (χ0) is 20.0. The first-order valence-electron chi connectivity index (χ1n) is 9.11. The first-order valence-corrected chi connectivity index (χ1v) is 9.11. The SMILES string of the molecule is CC(C)(O)Cn1cc(Nc2nc(-c3ccc4cn[nH]c4c3)nc3cn[nH]c23)cn1. The molecule has 0 unspecified atom stereocenters. The number of hydrogen-bond donors (Lipinski definition) is 4. The van der Waals surface area contributed by atoms with Crippen LogP contribution in [0.4, 0.5) is 11.5 Å². The van der Waals surface area contributed by atoms with Crippen molar-refractivity contribution < 1.29 is 5.11 Å². The molecule has 0 fully saturated rings. The molecule has 0 amide bonds. The lowest BCUT2D eigenvalue weighted by Crippen LogP contribution is -2.26. The molecule has 29 heavy (non-hydrogen) atoms. The molecule has 4 aromatic heterocycles. The lowest BCUT2D eigenvalue weighted by Gasteiger charge is -2.16. The number of H-pyrrole nitrogens is 2. The molecule has 0 aliphatic heterocycles. The van der Waals surface area contributed by atoms with E-state index in [0.29, 0.717) is 29.2 Å². The van der Waals surface area contributed by atoms with Gasteiger partial charge in [-0.15, -0.1) is 0 Å². The minimum Gasteiger partial charge on any atom is -0.389 e. The van der Waals surface area contributed by atoms with Crippen molar-refractivity contribution in [2.24, 2.45) is 0 Å². The molecule has 10 nitrogen and oxygen atoms in total. The second-order valence-corrected chi connectivity index (χ2v) is 7.56. The summed E-state index contributed by atoms with van der Waals surface area (Å²) in [5, 5.41) is 32.6. The Balaban J connectivity index is 1.52. The summed E-state index contributed by atoms with van der Waals surface area (Å²) in [6, 6.07) is 5.91. The molecule has 0 bridgehead atoms. The van der Waals surface area contributed by atoms with Crippen LogP contribution in [-0.4, -0.2) is 50.9 Å². The number of nitrogens with one attached hydrogen (secondary N) is 3. The van der Waals surface area contributed by atoms with Crippen LogP contribution in [0.1, 0.15) is 13.8 Å². The second kappa shape index (κ2) is 6.38. The molecule has 146 valence electrons. The van der Waals surface area contributed by atoms with E-state index in [2.05, 4.69) is 35.8 Å². The molecule has 0 aliphatic carbocycles. The van der Waals surface area contributed by atoms with Crippen LogP contribution in [0.5, 0.6) is 0 Å². The highest BCUT2D eigenvalue weighted by Crippen LogP contribution is 2.27. The zero-order valence-electron chi connectivity index (χ0n) is 15.9. The van der Waals surface area contributed by atoms with Crippen LogP contribution in [0.25, 0.3) is 33.3 Å². The lowest BCUT2D eigenvalue weighted by atomic mass is 10.1. The number of anilines is 2. The van der Waals surface area contributed by atoms with E-state index in [1.165, 1.54) is 0 Å². The molecular formula is C19H19N9O. The Hall–Kier alpha value is -3.79. The number of rotatable bonds is 5. The maximum atomic E-state index is 9.98. The van der Waals surface area contributed by atoms with E-state index in [1.54, 1.807) is 37.1 Å². The van der Waals surface area contributed by atoms with Gasteiger partial charge in [0.1, 0.15) is 11.0 Å². The van der Waals surface area contributed by atoms with Gasteiger partial charge in [-0.1, -0.05) is 12.1 Å². The van der Waals surface area contributed by atoms with Gasteiger partial charge in [-0.2, -0.15) is 15.3 Å². The first kappa shape index (κ1) is 17.3. The summed E-state index contributed by atoms with van der Waals surface area (Å²) in [6.45, 7) is 3.86. The fraction of sp³-hybridized carbons (Fsp3) is 0.211. The Bertz CT molecular complexity index is 1310. The highest BCUT2D eigenvalue weighted by atomic mass is 16.3. The van der Waals surface area contributed by atoms with Gasteiger partial charge in [0.05, 0.1) is 41.9 Å². The lowest BCUT2D eigenvalue weighted by molar-refractivity contribution is 0.0578. The molecule has 0 aliphatic rings. The van der Waals surface area contributed by atoms with Crippen molar-refractivity contribution in [1.29, 1.82) is 0 Å². The van der Waals surface area contributed by atoms with Crippen molar-refractivity contribution in [3.05, 3.63) is 43.0 Å². The Morgan fingerprint density at radius 1 is 1.10 bits per heavy atom. The van der Waals surface area contributed by atoms with Crippen molar-refractivity contribution in [2.45, 2.75) is 26.0 Å². The Morgan fingerprint density at radius 3 is 2.83 bits per heavy atom. The third kappa shape index (κ3) is 3.41. The van der Waals surface area contributed by atoms with E-state index in [1.807, 2.05) is 24.4 Å². The van der Waals surface area contributed by atoms with Gasteiger partial charge in [-0.05, 0) is 19.9 Å². The molecule has 4 heterocycles. The quantitative estimate of drug-likeness (QED) is 0.363. The molecule has 10 heteroatoms. The van der Waals surface area contributed by atoms with Crippen molar-refractivity contribution >= 4 is 33.4 Å². The average molecular weight is 389 g/mol. The fourth-order valence-electron chi connectivity index (χ4n) is 3.18. The number of aliphatic hydroxyl groups is 1. The summed E-state index contributed by atoms with van der Waals surface area (Å²) >= 11 is 0. The standard InChI is InChI=1S/C19H19N9O/c1-19(2,29)10-28-9-13(7-22-28)23-18-16-15(8-21-27-16)24-17(25-18)11-3-4-12-6-20-26-14(12)5-11/h3-9,29H,10H2,1-2H3,(H,20,26)(H,21,27)(H,23,24,25). The van der Waals surface area contributed by atoms with Crippen LogP contribution in [0.15, 0.2) is 43.0 Å². The summed E-state index contributed by atoms with van der Waals surface area (Å²) in [7, 11) is 0. The summed E-state index contributed by atoms with van der Waals surface area (Å²) in [5.74, 6) is 1.16. The van der Waals surface area contributed by atoms with Gasteiger partial charge in [0.2, 0.25) is 0 Å². The van der Waals surface area contributed by atoms with Crippen molar-refractivity contribution in [2.75, 3.05) is 5.32 Å². The smallest absolute Gasteiger partial charge is 0.162 e. The van der Waals surface area contributed by atoms with E-state index in [-0.39, 0.29) is 0 Å². The third-order valence-corrected chi connectivity index (χ3v) is 4.45. The van der Waals surface area contributed by atoms with Crippen LogP contribution >= 0.6 is 0 Å². The molecule has 1 aromatic carbocycles. The van der Waals surface area contributed by atoms with Gasteiger partial charge >= 0.3 is 0 Å². The summed E-state index contributed by atoms with van der Waals surface area (Å²) in [6.07, 6.45) is 6.95. The number of benzene rings is 1. The minimum atomic E-state index is -0.854. The molecule has 0 spiro atoms. The third-order valence-electron chi connectivity index (χ3n) is 4.45. The maximum absolute atomic E-state index is 9.98. The molecule has 0 atom stereocenters. The minimum absolute atomic E-state index is 0.382. The van der Waals surface area contributed by atoms with Crippen molar-refractivity contribution in [3.63, 3.8) is 0 Å². The second-order valence-electron chi connectivity index (χ2n) is 7.56. The monoisotopic (exact) mass is 389 g/mol. The molecule has 5 aromatic rings. The molecule has 0 radical (unpaired) electrons. The average Bonchev–Trinajstić information content (AvgIpc) is 3.39. The number of fused-ring (bicyclic) bond motifs is 2. The predicted molar refractivity (Wildman–Crippen MR) is 109 cm³/mol. The van der Waals surface area contributed by atoms with Crippen LogP contribution in [0.2, 0.25) is 0 Å². The highest BCUT2D eigenvalue weighted by Gasteiger charge is 2.16. The predicted octanol–water partition coefficient (Wildman–Crippen LogP) is 2.61. The Morgan fingerprint density at radius 2 is 1.97 bits per heavy atom. The number of aromatic amines is 2. The van der Waals surface area contributed by atoms with E-state index >= 15 is 0 Å². The molecular weight excluding hydrogens is 370 g/mol. The normalized spacial score (nSPS) is 12.1. The number of nitrogens with zero attached hydrogens (tertiary/aromatic N) is 6. The van der Waals surface area contributed by atoms with Crippen LogP contribution in [0.3, 0.4) is 0 Å². The molecule has 0 saturated carbocycles. The maximum Gasteiger partial charge on any atom is 0.162 e. The summed E-state index contributed by atoms with van der Waals surface area (Å²) < 4.78 is 1.68. The van der Waals surface area contributed by atoms with Gasteiger partial charge in [-0.3, -0.25) is 14.9 Å². The molecule has 0 saturated heterocycles. The van der Waals surface area contributed by atoms with Gasteiger partial charge in [0.15, 0.2) is 11.6 Å². The van der Waals surface area contributed by atoms with E-state index in [0.717, 1.165) is 22.2 Å². The molecule has 4 N–H and O–H groups in total. The van der Waals surface area contributed by atoms with Crippen LogP contribution in [0, 0.1) is 0 Å². The first-order chi connectivity index (χ1) is 13.9. The van der Waals surface area contributed by atoms with Crippen molar-refractivity contribution in [3.8, 4) is 11.4 Å². The van der Waals surface area contributed by atoms with Gasteiger partial charge < -0.3 is 10.4 Å². The highest BCUT2D eigenvalue weighted by molar-refractivity contribution is 5.89. The Kier molecular flexibility index (Phi) is 3.81. The number of aromatic nitrogens is 8. The summed E-state index contributed by atoms with van der Waals surface area (Å²) in [4.78, 5) is 9.32. The van der Waals surface area contributed by atoms with Gasteiger partial charge in [0.25, 0.3) is 0 Å². The summed E-state index contributed by atoms with van der Waals surface area (Å²) in [5.41, 5.74) is 3.08. The van der Waals surface area contributed by atoms with E-state index in [9.17, 15) is 5.11 Å². The van der Waals surface area contributed by atoms with Crippen LogP contribution in [-0.2, 0) is 6.54 Å². The number of hydrogen-bond acceptors (Lipinski definition) is 7. The van der Waals surface area contributed by atoms with Gasteiger partial charge in [-0.25, -0.2) is 9.97 Å². The van der Waals surface area contributed by atoms with E-state index < -0.39 is 5.60 Å². The van der Waals surface area contributed by atoms with Crippen LogP contribution < -0.4 is 5.32 Å². The zero-order valence-corrected chi connectivity index (χ0v) is 15.9.